The Morgan fingerprint density at radius 2 is 2.13 bits per heavy atom. The van der Waals surface area contributed by atoms with E-state index in [1.165, 1.54) is 12.8 Å². The smallest absolute Gasteiger partial charge is 0.222 e. The summed E-state index contributed by atoms with van der Waals surface area (Å²) in [6.45, 7) is 4.75. The molecule has 1 saturated carbocycles. The maximum Gasteiger partial charge on any atom is 0.222 e. The number of rotatable bonds is 5. The molecule has 0 aromatic carbocycles. The fourth-order valence-corrected chi connectivity index (χ4v) is 2.71. The van der Waals surface area contributed by atoms with Gasteiger partial charge in [-0.15, -0.1) is 0 Å². The Morgan fingerprint density at radius 3 is 2.60 bits per heavy atom. The highest BCUT2D eigenvalue weighted by molar-refractivity contribution is 5.77. The summed E-state index contributed by atoms with van der Waals surface area (Å²) in [6, 6.07) is 0. The summed E-state index contributed by atoms with van der Waals surface area (Å²) < 4.78 is 5.30. The molecule has 3 nitrogen and oxygen atoms in total. The monoisotopic (exact) mass is 211 g/mol. The Labute approximate surface area is 91.8 Å². The van der Waals surface area contributed by atoms with E-state index >= 15 is 0 Å². The number of hydrogen-bond acceptors (Lipinski definition) is 2. The number of hydrogen-bond donors (Lipinski definition) is 0. The lowest BCUT2D eigenvalue weighted by atomic mass is 9.75. The molecule has 1 aliphatic heterocycles. The van der Waals surface area contributed by atoms with Gasteiger partial charge in [-0.3, -0.25) is 4.79 Å². The number of amides is 1. The molecule has 2 rings (SSSR count). The molecular weight excluding hydrogens is 190 g/mol. The summed E-state index contributed by atoms with van der Waals surface area (Å²) in [5.41, 5.74) is 0.318. The second kappa shape index (κ2) is 4.12. The molecule has 0 aromatic rings. The normalized spacial score (nSPS) is 23.7. The van der Waals surface area contributed by atoms with Crippen LogP contribution in [0.4, 0.5) is 0 Å². The molecule has 0 aromatic heterocycles. The van der Waals surface area contributed by atoms with Crippen molar-refractivity contribution >= 4 is 5.91 Å². The second-order valence-electron chi connectivity index (χ2n) is 5.07. The lowest BCUT2D eigenvalue weighted by Gasteiger charge is -2.50. The van der Waals surface area contributed by atoms with Crippen LogP contribution in [0.1, 0.15) is 32.6 Å². The Balaban J connectivity index is 1.85. The molecule has 1 heterocycles. The van der Waals surface area contributed by atoms with Gasteiger partial charge in [0.25, 0.3) is 0 Å². The van der Waals surface area contributed by atoms with Gasteiger partial charge in [0.1, 0.15) is 0 Å². The SMILES string of the molecule is CCCC(=O)N1CC(COC)(C2CC2)C1. The molecule has 15 heavy (non-hydrogen) atoms. The topological polar surface area (TPSA) is 29.5 Å². The van der Waals surface area contributed by atoms with Crippen molar-refractivity contribution in [2.45, 2.75) is 32.6 Å². The zero-order chi connectivity index (χ0) is 10.9. The fourth-order valence-electron chi connectivity index (χ4n) is 2.71. The summed E-state index contributed by atoms with van der Waals surface area (Å²) >= 11 is 0. The van der Waals surface area contributed by atoms with E-state index in [0.29, 0.717) is 17.7 Å². The van der Waals surface area contributed by atoms with Gasteiger partial charge < -0.3 is 9.64 Å². The first-order valence-electron chi connectivity index (χ1n) is 5.98. The van der Waals surface area contributed by atoms with E-state index in [1.807, 2.05) is 4.90 Å². The molecule has 2 fully saturated rings. The van der Waals surface area contributed by atoms with Gasteiger partial charge in [-0.05, 0) is 25.2 Å². The van der Waals surface area contributed by atoms with Crippen molar-refractivity contribution in [1.82, 2.24) is 4.90 Å². The number of methoxy groups -OCH3 is 1. The average Bonchev–Trinajstić information content (AvgIpc) is 2.94. The second-order valence-corrected chi connectivity index (χ2v) is 5.07. The largest absolute Gasteiger partial charge is 0.384 e. The fraction of sp³-hybridized carbons (Fsp3) is 0.917. The summed E-state index contributed by atoms with van der Waals surface area (Å²) in [5, 5.41) is 0. The molecule has 1 aliphatic carbocycles. The van der Waals surface area contributed by atoms with E-state index in [0.717, 1.165) is 32.0 Å². The minimum Gasteiger partial charge on any atom is -0.384 e. The van der Waals surface area contributed by atoms with E-state index in [9.17, 15) is 4.79 Å². The lowest BCUT2D eigenvalue weighted by molar-refractivity contribution is -0.149. The Morgan fingerprint density at radius 1 is 1.47 bits per heavy atom. The molecule has 1 amide bonds. The number of carbonyl (C=O) groups is 1. The quantitative estimate of drug-likeness (QED) is 0.692. The number of likely N-dealkylation sites (tertiary alicyclic amines) is 1. The van der Waals surface area contributed by atoms with Crippen LogP contribution in [0.3, 0.4) is 0 Å². The predicted molar refractivity (Wildman–Crippen MR) is 58.5 cm³/mol. The van der Waals surface area contributed by atoms with E-state index in [-0.39, 0.29) is 0 Å². The van der Waals surface area contributed by atoms with Crippen molar-refractivity contribution in [2.75, 3.05) is 26.8 Å². The van der Waals surface area contributed by atoms with Gasteiger partial charge >= 0.3 is 0 Å². The molecule has 0 atom stereocenters. The predicted octanol–water partition coefficient (Wildman–Crippen LogP) is 1.67. The van der Waals surface area contributed by atoms with Crippen molar-refractivity contribution in [1.29, 1.82) is 0 Å². The zero-order valence-electron chi connectivity index (χ0n) is 9.79. The molecule has 86 valence electrons. The van der Waals surface area contributed by atoms with E-state index in [4.69, 9.17) is 4.74 Å². The first-order valence-corrected chi connectivity index (χ1v) is 5.98. The molecule has 0 radical (unpaired) electrons. The van der Waals surface area contributed by atoms with Crippen LogP contribution in [0.25, 0.3) is 0 Å². The van der Waals surface area contributed by atoms with Gasteiger partial charge in [0.05, 0.1) is 6.61 Å². The third-order valence-corrected chi connectivity index (χ3v) is 3.70. The Bertz CT molecular complexity index is 242. The highest BCUT2D eigenvalue weighted by atomic mass is 16.5. The van der Waals surface area contributed by atoms with Crippen molar-refractivity contribution < 1.29 is 9.53 Å². The Kier molecular flexibility index (Phi) is 3.01. The standard InChI is InChI=1S/C12H21NO2/c1-3-4-11(14)13-7-12(8-13,9-15-2)10-5-6-10/h10H,3-9H2,1-2H3. The highest BCUT2D eigenvalue weighted by Gasteiger charge is 2.53. The van der Waals surface area contributed by atoms with Gasteiger partial charge in [-0.1, -0.05) is 6.92 Å². The van der Waals surface area contributed by atoms with Crippen LogP contribution in [-0.2, 0) is 9.53 Å². The average molecular weight is 211 g/mol. The van der Waals surface area contributed by atoms with Crippen LogP contribution < -0.4 is 0 Å². The van der Waals surface area contributed by atoms with Gasteiger partial charge in [-0.25, -0.2) is 0 Å². The van der Waals surface area contributed by atoms with E-state index < -0.39 is 0 Å². The number of nitrogens with zero attached hydrogens (tertiary/aromatic N) is 1. The summed E-state index contributed by atoms with van der Waals surface area (Å²) in [7, 11) is 1.76. The molecule has 3 heteroatoms. The minimum atomic E-state index is 0.318. The molecule has 0 N–H and O–H groups in total. The van der Waals surface area contributed by atoms with Gasteiger partial charge in [0.2, 0.25) is 5.91 Å². The lowest BCUT2D eigenvalue weighted by Crippen LogP contribution is -2.61. The molecule has 2 aliphatic rings. The van der Waals surface area contributed by atoms with Crippen LogP contribution in [-0.4, -0.2) is 37.6 Å². The van der Waals surface area contributed by atoms with Crippen molar-refractivity contribution in [3.05, 3.63) is 0 Å². The maximum absolute atomic E-state index is 11.6. The zero-order valence-corrected chi connectivity index (χ0v) is 9.79. The summed E-state index contributed by atoms with van der Waals surface area (Å²) in [5.74, 6) is 1.15. The number of ether oxygens (including phenoxy) is 1. The van der Waals surface area contributed by atoms with Gasteiger partial charge in [-0.2, -0.15) is 0 Å². The molecular formula is C12H21NO2. The van der Waals surface area contributed by atoms with Crippen LogP contribution in [0.2, 0.25) is 0 Å². The maximum atomic E-state index is 11.6. The molecule has 1 saturated heterocycles. The molecule has 0 unspecified atom stereocenters. The van der Waals surface area contributed by atoms with Crippen LogP contribution >= 0.6 is 0 Å². The van der Waals surface area contributed by atoms with Crippen molar-refractivity contribution in [2.24, 2.45) is 11.3 Å². The molecule has 0 spiro atoms. The van der Waals surface area contributed by atoms with Crippen molar-refractivity contribution in [3.63, 3.8) is 0 Å². The molecule has 0 bridgehead atoms. The first kappa shape index (κ1) is 10.9. The van der Waals surface area contributed by atoms with E-state index in [2.05, 4.69) is 6.92 Å². The van der Waals surface area contributed by atoms with Gasteiger partial charge in [0.15, 0.2) is 0 Å². The van der Waals surface area contributed by atoms with Gasteiger partial charge in [0, 0.05) is 32.0 Å². The first-order chi connectivity index (χ1) is 7.22. The van der Waals surface area contributed by atoms with Crippen molar-refractivity contribution in [3.8, 4) is 0 Å². The summed E-state index contributed by atoms with van der Waals surface area (Å²) in [4.78, 5) is 13.6. The minimum absolute atomic E-state index is 0.318. The van der Waals surface area contributed by atoms with E-state index in [1.54, 1.807) is 7.11 Å². The number of carbonyl (C=O) groups excluding carboxylic acids is 1. The van der Waals surface area contributed by atoms with Crippen LogP contribution in [0.5, 0.6) is 0 Å². The van der Waals surface area contributed by atoms with Crippen LogP contribution in [0, 0.1) is 11.3 Å². The third kappa shape index (κ3) is 2.03. The highest BCUT2D eigenvalue weighted by Crippen LogP contribution is 2.51. The Hall–Kier alpha value is -0.570. The summed E-state index contributed by atoms with van der Waals surface area (Å²) in [6.07, 6.45) is 4.32. The third-order valence-electron chi connectivity index (χ3n) is 3.70. The van der Waals surface area contributed by atoms with Crippen LogP contribution in [0.15, 0.2) is 0 Å².